The molecule has 2 rings (SSSR count). The minimum atomic E-state index is -0.151. The molecule has 0 aliphatic carbocycles. The summed E-state index contributed by atoms with van der Waals surface area (Å²) in [7, 11) is 1.55. The lowest BCUT2D eigenvalue weighted by atomic mass is 10.2. The van der Waals surface area contributed by atoms with Gasteiger partial charge >= 0.3 is 0 Å². The van der Waals surface area contributed by atoms with Crippen LogP contribution in [0.5, 0.6) is 5.75 Å². The molecule has 1 aromatic carbocycles. The number of hydrogen-bond donors (Lipinski definition) is 1. The number of thiophene rings is 1. The molecule has 0 fully saturated rings. The van der Waals surface area contributed by atoms with Crippen LogP contribution in [0.15, 0.2) is 24.3 Å². The number of hydrogen-bond acceptors (Lipinski definition) is 3. The molecule has 0 unspecified atom stereocenters. The van der Waals surface area contributed by atoms with Crippen LogP contribution < -0.4 is 10.1 Å². The second-order valence-corrected chi connectivity index (χ2v) is 6.02. The third-order valence-electron chi connectivity index (χ3n) is 2.70. The molecule has 0 atom stereocenters. The third-order valence-corrected chi connectivity index (χ3v) is 3.90. The molecule has 0 aliphatic rings. The summed E-state index contributed by atoms with van der Waals surface area (Å²) in [5.74, 6) is 0.435. The predicted molar refractivity (Wildman–Crippen MR) is 79.8 cm³/mol. The van der Waals surface area contributed by atoms with E-state index >= 15 is 0 Å². The first-order chi connectivity index (χ1) is 9.01. The van der Waals surface area contributed by atoms with Gasteiger partial charge in [-0.1, -0.05) is 11.6 Å². The van der Waals surface area contributed by atoms with Crippen molar-refractivity contribution in [2.75, 3.05) is 12.4 Å². The first kappa shape index (κ1) is 13.9. The van der Waals surface area contributed by atoms with Gasteiger partial charge in [0, 0.05) is 14.8 Å². The number of nitrogens with one attached hydrogen (secondary N) is 1. The second kappa shape index (κ2) is 5.63. The van der Waals surface area contributed by atoms with Crippen LogP contribution >= 0.6 is 22.9 Å². The lowest BCUT2D eigenvalue weighted by Gasteiger charge is -2.10. The third kappa shape index (κ3) is 3.08. The molecule has 0 aliphatic heterocycles. The Hall–Kier alpha value is -1.52. The monoisotopic (exact) mass is 295 g/mol. The van der Waals surface area contributed by atoms with Crippen LogP contribution in [0, 0.1) is 13.8 Å². The number of amides is 1. The average Bonchev–Trinajstić information content (AvgIpc) is 2.69. The summed E-state index contributed by atoms with van der Waals surface area (Å²) >= 11 is 7.54. The lowest BCUT2D eigenvalue weighted by molar-refractivity contribution is 0.102. The number of aryl methyl sites for hydroxylation is 2. The molecule has 5 heteroatoms. The largest absolute Gasteiger partial charge is 0.495 e. The number of methoxy groups -OCH3 is 1. The quantitative estimate of drug-likeness (QED) is 0.918. The van der Waals surface area contributed by atoms with Gasteiger partial charge in [0.2, 0.25) is 0 Å². The summed E-state index contributed by atoms with van der Waals surface area (Å²) in [5.41, 5.74) is 1.26. The number of ether oxygens (including phenoxy) is 1. The normalized spacial score (nSPS) is 10.3. The van der Waals surface area contributed by atoms with E-state index in [0.29, 0.717) is 22.0 Å². The average molecular weight is 296 g/mol. The molecule has 0 spiro atoms. The fraction of sp³-hybridized carbons (Fsp3) is 0.214. The van der Waals surface area contributed by atoms with E-state index in [4.69, 9.17) is 16.3 Å². The Kier molecular flexibility index (Phi) is 4.12. The van der Waals surface area contributed by atoms with E-state index in [1.54, 1.807) is 36.6 Å². The van der Waals surface area contributed by atoms with Crippen LogP contribution in [-0.4, -0.2) is 13.0 Å². The van der Waals surface area contributed by atoms with E-state index in [2.05, 4.69) is 5.32 Å². The maximum Gasteiger partial charge on any atom is 0.256 e. The number of rotatable bonds is 3. The SMILES string of the molecule is COc1ccc(Cl)cc1NC(=O)c1cc(C)sc1C. The van der Waals surface area contributed by atoms with Crippen molar-refractivity contribution >= 4 is 34.5 Å². The molecular formula is C14H14ClNO2S. The van der Waals surface area contributed by atoms with Crippen molar-refractivity contribution in [3.05, 3.63) is 44.6 Å². The summed E-state index contributed by atoms with van der Waals surface area (Å²) in [6.07, 6.45) is 0. The lowest BCUT2D eigenvalue weighted by Crippen LogP contribution is -2.12. The zero-order valence-electron chi connectivity index (χ0n) is 10.9. The smallest absolute Gasteiger partial charge is 0.256 e. The molecule has 100 valence electrons. The van der Waals surface area contributed by atoms with Crippen molar-refractivity contribution in [2.45, 2.75) is 13.8 Å². The van der Waals surface area contributed by atoms with E-state index in [-0.39, 0.29) is 5.91 Å². The first-order valence-electron chi connectivity index (χ1n) is 5.73. The summed E-state index contributed by atoms with van der Waals surface area (Å²) in [6.45, 7) is 3.91. The van der Waals surface area contributed by atoms with Crippen molar-refractivity contribution in [1.82, 2.24) is 0 Å². The summed E-state index contributed by atoms with van der Waals surface area (Å²) < 4.78 is 5.20. The number of carbonyl (C=O) groups excluding carboxylic acids is 1. The van der Waals surface area contributed by atoms with E-state index in [9.17, 15) is 4.79 Å². The summed E-state index contributed by atoms with van der Waals surface area (Å²) in [6, 6.07) is 7.00. The van der Waals surface area contributed by atoms with Crippen LogP contribution in [0.4, 0.5) is 5.69 Å². The van der Waals surface area contributed by atoms with Gasteiger partial charge in [0.05, 0.1) is 18.4 Å². The Morgan fingerprint density at radius 3 is 2.63 bits per heavy atom. The maximum atomic E-state index is 12.2. The van der Waals surface area contributed by atoms with Crippen molar-refractivity contribution in [1.29, 1.82) is 0 Å². The molecule has 0 radical (unpaired) electrons. The Balaban J connectivity index is 2.28. The van der Waals surface area contributed by atoms with Crippen LogP contribution in [-0.2, 0) is 0 Å². The molecule has 3 nitrogen and oxygen atoms in total. The van der Waals surface area contributed by atoms with Gasteiger partial charge in [-0.25, -0.2) is 0 Å². The van der Waals surface area contributed by atoms with Gasteiger partial charge in [-0.05, 0) is 38.1 Å². The van der Waals surface area contributed by atoms with Gasteiger partial charge in [-0.2, -0.15) is 0 Å². The van der Waals surface area contributed by atoms with Gasteiger partial charge < -0.3 is 10.1 Å². The van der Waals surface area contributed by atoms with E-state index in [1.165, 1.54) is 0 Å². The summed E-state index contributed by atoms with van der Waals surface area (Å²) in [4.78, 5) is 14.3. The molecule has 1 aromatic heterocycles. The molecule has 1 amide bonds. The van der Waals surface area contributed by atoms with Gasteiger partial charge in [0.15, 0.2) is 0 Å². The van der Waals surface area contributed by atoms with Crippen LogP contribution in [0.3, 0.4) is 0 Å². The Labute approximate surface area is 121 Å². The van der Waals surface area contributed by atoms with Crippen molar-refractivity contribution in [3.8, 4) is 5.75 Å². The van der Waals surface area contributed by atoms with Gasteiger partial charge in [0.1, 0.15) is 5.75 Å². The minimum Gasteiger partial charge on any atom is -0.495 e. The minimum absolute atomic E-state index is 0.151. The number of anilines is 1. The Bertz CT molecular complexity index is 622. The van der Waals surface area contributed by atoms with Gasteiger partial charge in [-0.3, -0.25) is 4.79 Å². The Morgan fingerprint density at radius 2 is 2.05 bits per heavy atom. The highest BCUT2D eigenvalue weighted by molar-refractivity contribution is 7.12. The molecule has 0 saturated heterocycles. The van der Waals surface area contributed by atoms with Crippen LogP contribution in [0.1, 0.15) is 20.1 Å². The summed E-state index contributed by atoms with van der Waals surface area (Å²) in [5, 5.41) is 3.38. The number of halogens is 1. The second-order valence-electron chi connectivity index (χ2n) is 4.13. The molecule has 19 heavy (non-hydrogen) atoms. The molecule has 1 heterocycles. The Morgan fingerprint density at radius 1 is 1.32 bits per heavy atom. The highest BCUT2D eigenvalue weighted by Gasteiger charge is 2.14. The molecule has 0 saturated carbocycles. The standard InChI is InChI=1S/C14H14ClNO2S/c1-8-6-11(9(2)19-8)14(17)16-12-7-10(15)4-5-13(12)18-3/h4-7H,1-3H3,(H,16,17). The van der Waals surface area contributed by atoms with E-state index in [1.807, 2.05) is 19.9 Å². The van der Waals surface area contributed by atoms with Crippen molar-refractivity contribution in [2.24, 2.45) is 0 Å². The number of carbonyl (C=O) groups is 1. The maximum absolute atomic E-state index is 12.2. The predicted octanol–water partition coefficient (Wildman–Crippen LogP) is 4.28. The van der Waals surface area contributed by atoms with Crippen molar-refractivity contribution < 1.29 is 9.53 Å². The van der Waals surface area contributed by atoms with Crippen molar-refractivity contribution in [3.63, 3.8) is 0 Å². The fourth-order valence-electron chi connectivity index (χ4n) is 1.82. The van der Waals surface area contributed by atoms with E-state index < -0.39 is 0 Å². The van der Waals surface area contributed by atoms with Crippen LogP contribution in [0.25, 0.3) is 0 Å². The van der Waals surface area contributed by atoms with Gasteiger partial charge in [0.25, 0.3) is 5.91 Å². The van der Waals surface area contributed by atoms with Crippen LogP contribution in [0.2, 0.25) is 5.02 Å². The topological polar surface area (TPSA) is 38.3 Å². The van der Waals surface area contributed by atoms with E-state index in [0.717, 1.165) is 9.75 Å². The highest BCUT2D eigenvalue weighted by Crippen LogP contribution is 2.29. The zero-order chi connectivity index (χ0) is 14.0. The first-order valence-corrected chi connectivity index (χ1v) is 6.92. The van der Waals surface area contributed by atoms with Gasteiger partial charge in [-0.15, -0.1) is 11.3 Å². The molecular weight excluding hydrogens is 282 g/mol. The molecule has 1 N–H and O–H groups in total. The number of benzene rings is 1. The highest BCUT2D eigenvalue weighted by atomic mass is 35.5. The molecule has 0 bridgehead atoms. The molecule has 2 aromatic rings. The zero-order valence-corrected chi connectivity index (χ0v) is 12.5. The fourth-order valence-corrected chi connectivity index (χ4v) is 2.92.